The normalized spacial score (nSPS) is 30.1. The lowest BCUT2D eigenvalue weighted by Crippen LogP contribution is -2.51. The summed E-state index contributed by atoms with van der Waals surface area (Å²) in [6.45, 7) is 3.24. The van der Waals surface area contributed by atoms with Crippen LogP contribution in [0.25, 0.3) is 0 Å². The van der Waals surface area contributed by atoms with Crippen LogP contribution in [-0.4, -0.2) is 30.0 Å². The van der Waals surface area contributed by atoms with Crippen LogP contribution in [-0.2, 0) is 9.53 Å². The number of rotatable bonds is 2. The van der Waals surface area contributed by atoms with E-state index >= 15 is 0 Å². The Morgan fingerprint density at radius 1 is 1.62 bits per heavy atom. The third-order valence-electron chi connectivity index (χ3n) is 2.85. The van der Waals surface area contributed by atoms with Crippen molar-refractivity contribution >= 4 is 5.97 Å². The lowest BCUT2D eigenvalue weighted by Gasteiger charge is -2.39. The fourth-order valence-corrected chi connectivity index (χ4v) is 1.45. The molecule has 3 nitrogen and oxygen atoms in total. The molecule has 0 aromatic heterocycles. The van der Waals surface area contributed by atoms with E-state index in [9.17, 15) is 9.18 Å². The Bertz CT molecular complexity index is 207. The zero-order valence-corrected chi connectivity index (χ0v) is 7.97. The van der Waals surface area contributed by atoms with Gasteiger partial charge in [0, 0.05) is 6.61 Å². The largest absolute Gasteiger partial charge is 0.481 e. The van der Waals surface area contributed by atoms with Crippen molar-refractivity contribution in [3.8, 4) is 0 Å². The minimum Gasteiger partial charge on any atom is -0.481 e. The molecule has 76 valence electrons. The molecule has 0 bridgehead atoms. The fraction of sp³-hybridized carbons (Fsp3) is 0.889. The highest BCUT2D eigenvalue weighted by molar-refractivity contribution is 5.75. The molecule has 0 radical (unpaired) electrons. The van der Waals surface area contributed by atoms with Gasteiger partial charge in [0.15, 0.2) is 0 Å². The van der Waals surface area contributed by atoms with Crippen LogP contribution >= 0.6 is 0 Å². The molecular weight excluding hydrogens is 175 g/mol. The van der Waals surface area contributed by atoms with Crippen molar-refractivity contribution < 1.29 is 19.0 Å². The summed E-state index contributed by atoms with van der Waals surface area (Å²) in [4.78, 5) is 10.8. The maximum absolute atomic E-state index is 14.1. The number of carbonyl (C=O) groups is 1. The summed E-state index contributed by atoms with van der Waals surface area (Å²) in [6.07, 6.45) is 0.861. The lowest BCUT2D eigenvalue weighted by molar-refractivity contribution is -0.167. The average molecular weight is 190 g/mol. The minimum absolute atomic E-state index is 0.105. The summed E-state index contributed by atoms with van der Waals surface area (Å²) in [7, 11) is 0. The SMILES string of the molecule is CC(C)(C(=O)O)C1(F)CCCOC1. The molecular formula is C9H15FO3. The molecule has 0 spiro atoms. The molecule has 1 saturated heterocycles. The highest BCUT2D eigenvalue weighted by atomic mass is 19.1. The fourth-order valence-electron chi connectivity index (χ4n) is 1.45. The van der Waals surface area contributed by atoms with Crippen molar-refractivity contribution in [3.63, 3.8) is 0 Å². The van der Waals surface area contributed by atoms with Crippen molar-refractivity contribution in [2.24, 2.45) is 5.41 Å². The van der Waals surface area contributed by atoms with Gasteiger partial charge in [0.05, 0.1) is 12.0 Å². The van der Waals surface area contributed by atoms with Crippen LogP contribution in [0.15, 0.2) is 0 Å². The number of carboxylic acids is 1. The van der Waals surface area contributed by atoms with Gasteiger partial charge in [-0.1, -0.05) is 0 Å². The van der Waals surface area contributed by atoms with Gasteiger partial charge < -0.3 is 9.84 Å². The smallest absolute Gasteiger partial charge is 0.312 e. The summed E-state index contributed by atoms with van der Waals surface area (Å²) in [5.41, 5.74) is -3.09. The van der Waals surface area contributed by atoms with Gasteiger partial charge in [0.1, 0.15) is 5.67 Å². The predicted molar refractivity (Wildman–Crippen MR) is 45.3 cm³/mol. The Morgan fingerprint density at radius 3 is 2.62 bits per heavy atom. The summed E-state index contributed by atoms with van der Waals surface area (Å²) in [6, 6.07) is 0. The van der Waals surface area contributed by atoms with E-state index in [0.29, 0.717) is 13.0 Å². The second-order valence-electron chi connectivity index (χ2n) is 4.05. The Morgan fingerprint density at radius 2 is 2.23 bits per heavy atom. The molecule has 1 N–H and O–H groups in total. The first-order valence-corrected chi connectivity index (χ1v) is 4.40. The zero-order chi connectivity index (χ0) is 10.1. The highest BCUT2D eigenvalue weighted by Gasteiger charge is 2.52. The molecule has 1 aliphatic rings. The van der Waals surface area contributed by atoms with E-state index in [1.54, 1.807) is 0 Å². The van der Waals surface area contributed by atoms with E-state index < -0.39 is 17.1 Å². The number of aliphatic carboxylic acids is 1. The average Bonchev–Trinajstić information content (AvgIpc) is 2.05. The second-order valence-corrected chi connectivity index (χ2v) is 4.05. The molecule has 0 aromatic rings. The first kappa shape index (κ1) is 10.4. The summed E-state index contributed by atoms with van der Waals surface area (Å²) < 4.78 is 19.1. The number of hydrogen-bond acceptors (Lipinski definition) is 2. The molecule has 0 aliphatic carbocycles. The standard InChI is InChI=1S/C9H15FO3/c1-8(2,7(11)12)9(10)4-3-5-13-6-9/h3-6H2,1-2H3,(H,11,12). The van der Waals surface area contributed by atoms with Crippen LogP contribution in [0.1, 0.15) is 26.7 Å². The van der Waals surface area contributed by atoms with Crippen LogP contribution in [0.5, 0.6) is 0 Å². The number of hydrogen-bond donors (Lipinski definition) is 1. The van der Waals surface area contributed by atoms with Crippen molar-refractivity contribution in [1.29, 1.82) is 0 Å². The van der Waals surface area contributed by atoms with Gasteiger partial charge in [0.2, 0.25) is 0 Å². The van der Waals surface area contributed by atoms with Gasteiger partial charge >= 0.3 is 5.97 Å². The molecule has 4 heteroatoms. The summed E-state index contributed by atoms with van der Waals surface area (Å²) >= 11 is 0. The Balaban J connectivity index is 2.82. The van der Waals surface area contributed by atoms with E-state index in [1.807, 2.05) is 0 Å². The van der Waals surface area contributed by atoms with Crippen LogP contribution in [0.4, 0.5) is 4.39 Å². The van der Waals surface area contributed by atoms with Gasteiger partial charge in [-0.2, -0.15) is 0 Å². The number of alkyl halides is 1. The molecule has 1 heterocycles. The molecule has 0 amide bonds. The van der Waals surface area contributed by atoms with Gasteiger partial charge in [-0.25, -0.2) is 4.39 Å². The first-order chi connectivity index (χ1) is 5.90. The van der Waals surface area contributed by atoms with Crippen LogP contribution < -0.4 is 0 Å². The monoisotopic (exact) mass is 190 g/mol. The Labute approximate surface area is 76.9 Å². The number of halogens is 1. The summed E-state index contributed by atoms with van der Waals surface area (Å²) in [5, 5.41) is 8.86. The van der Waals surface area contributed by atoms with E-state index in [0.717, 1.165) is 0 Å². The number of ether oxygens (including phenoxy) is 1. The molecule has 13 heavy (non-hydrogen) atoms. The van der Waals surface area contributed by atoms with Crippen LogP contribution in [0.3, 0.4) is 0 Å². The van der Waals surface area contributed by atoms with Crippen LogP contribution in [0, 0.1) is 5.41 Å². The van der Waals surface area contributed by atoms with Crippen molar-refractivity contribution in [1.82, 2.24) is 0 Å². The van der Waals surface area contributed by atoms with Gasteiger partial charge in [0.25, 0.3) is 0 Å². The van der Waals surface area contributed by atoms with Crippen molar-refractivity contribution in [2.45, 2.75) is 32.4 Å². The van der Waals surface area contributed by atoms with Crippen molar-refractivity contribution in [2.75, 3.05) is 13.2 Å². The summed E-state index contributed by atoms with van der Waals surface area (Å²) in [5.74, 6) is -1.11. The second kappa shape index (κ2) is 3.25. The third-order valence-corrected chi connectivity index (χ3v) is 2.85. The van der Waals surface area contributed by atoms with Crippen molar-refractivity contribution in [3.05, 3.63) is 0 Å². The van der Waals surface area contributed by atoms with Gasteiger partial charge in [-0.3, -0.25) is 4.79 Å². The molecule has 0 saturated carbocycles. The Kier molecular flexibility index (Phi) is 2.61. The molecule has 1 fully saturated rings. The van der Waals surface area contributed by atoms with Crippen LogP contribution in [0.2, 0.25) is 0 Å². The molecule has 1 rings (SSSR count). The lowest BCUT2D eigenvalue weighted by atomic mass is 9.73. The molecule has 1 atom stereocenters. The predicted octanol–water partition coefficient (Wildman–Crippen LogP) is 1.62. The quantitative estimate of drug-likeness (QED) is 0.719. The third kappa shape index (κ3) is 1.68. The van der Waals surface area contributed by atoms with Gasteiger partial charge in [-0.05, 0) is 26.7 Å². The first-order valence-electron chi connectivity index (χ1n) is 4.40. The van der Waals surface area contributed by atoms with E-state index in [-0.39, 0.29) is 13.0 Å². The Hall–Kier alpha value is -0.640. The van der Waals surface area contributed by atoms with E-state index in [2.05, 4.69) is 0 Å². The minimum atomic E-state index is -1.73. The maximum atomic E-state index is 14.1. The van der Waals surface area contributed by atoms with Gasteiger partial charge in [-0.15, -0.1) is 0 Å². The molecule has 1 unspecified atom stereocenters. The van der Waals surface area contributed by atoms with E-state index in [4.69, 9.17) is 9.84 Å². The zero-order valence-electron chi connectivity index (χ0n) is 7.97. The van der Waals surface area contributed by atoms with E-state index in [1.165, 1.54) is 13.8 Å². The topological polar surface area (TPSA) is 46.5 Å². The number of carboxylic acid groups (broad SMARTS) is 1. The molecule has 1 aliphatic heterocycles. The maximum Gasteiger partial charge on any atom is 0.312 e. The molecule has 0 aromatic carbocycles. The highest BCUT2D eigenvalue weighted by Crippen LogP contribution is 2.40.